The first-order chi connectivity index (χ1) is 19.8. The molecule has 0 aliphatic heterocycles. The number of anilines is 1. The number of sulfonamides is 1. The van der Waals surface area contributed by atoms with Crippen LogP contribution in [0.2, 0.25) is 0 Å². The normalized spacial score (nSPS) is 12.5. The Hall–Kier alpha value is -3.86. The zero-order valence-electron chi connectivity index (χ0n) is 24.1. The number of hydrogen-bond acceptors (Lipinski definition) is 4. The van der Waals surface area contributed by atoms with Gasteiger partial charge in [0.1, 0.15) is 12.6 Å². The Kier molecular flexibility index (Phi) is 10.8. The van der Waals surface area contributed by atoms with E-state index in [-0.39, 0.29) is 23.5 Å². The van der Waals surface area contributed by atoms with Crippen molar-refractivity contribution in [2.75, 3.05) is 17.4 Å². The van der Waals surface area contributed by atoms with E-state index in [0.29, 0.717) is 23.3 Å². The molecule has 0 fully saturated rings. The first-order valence-corrected chi connectivity index (χ1v) is 15.1. The van der Waals surface area contributed by atoms with Gasteiger partial charge in [0.2, 0.25) is 11.8 Å². The topological polar surface area (TPSA) is 86.8 Å². The fourth-order valence-corrected chi connectivity index (χ4v) is 5.87. The van der Waals surface area contributed by atoms with Gasteiger partial charge in [-0.2, -0.15) is 13.2 Å². The van der Waals surface area contributed by atoms with Crippen LogP contribution in [-0.4, -0.2) is 44.3 Å². The van der Waals surface area contributed by atoms with E-state index in [1.54, 1.807) is 38.1 Å². The van der Waals surface area contributed by atoms with Crippen molar-refractivity contribution in [2.45, 2.75) is 64.2 Å². The van der Waals surface area contributed by atoms with Crippen molar-refractivity contribution >= 4 is 27.5 Å². The molecule has 0 aromatic heterocycles. The zero-order valence-corrected chi connectivity index (χ0v) is 24.9. The van der Waals surface area contributed by atoms with E-state index >= 15 is 0 Å². The van der Waals surface area contributed by atoms with Crippen LogP contribution >= 0.6 is 0 Å². The van der Waals surface area contributed by atoms with Crippen LogP contribution in [-0.2, 0) is 32.3 Å². The lowest BCUT2D eigenvalue weighted by molar-refractivity contribution is -0.140. The van der Waals surface area contributed by atoms with Gasteiger partial charge >= 0.3 is 6.18 Å². The quantitative estimate of drug-likeness (QED) is 0.281. The summed E-state index contributed by atoms with van der Waals surface area (Å²) in [5.41, 5.74) is 1.02. The van der Waals surface area contributed by atoms with Gasteiger partial charge in [0, 0.05) is 13.1 Å². The van der Waals surface area contributed by atoms with Gasteiger partial charge in [0.15, 0.2) is 0 Å². The van der Waals surface area contributed by atoms with Crippen molar-refractivity contribution in [3.63, 3.8) is 0 Å². The largest absolute Gasteiger partial charge is 0.416 e. The third-order valence-electron chi connectivity index (χ3n) is 6.89. The smallest absolute Gasteiger partial charge is 0.354 e. The molecule has 0 saturated carbocycles. The first kappa shape index (κ1) is 32.7. The molecule has 0 radical (unpaired) electrons. The van der Waals surface area contributed by atoms with Gasteiger partial charge in [-0.1, -0.05) is 61.9 Å². The van der Waals surface area contributed by atoms with Gasteiger partial charge in [-0.15, -0.1) is 0 Å². The zero-order chi connectivity index (χ0) is 31.1. The van der Waals surface area contributed by atoms with Crippen LogP contribution in [0, 0.1) is 13.8 Å². The fourth-order valence-electron chi connectivity index (χ4n) is 4.46. The van der Waals surface area contributed by atoms with Crippen molar-refractivity contribution in [1.29, 1.82) is 0 Å². The lowest BCUT2D eigenvalue weighted by atomic mass is 10.1. The SMILES string of the molecule is CCCNC(=O)[C@@H](CC)N(Cc1ccccc1C)C(=O)CN(c1cccc(C(F)(F)F)c1)S(=O)(=O)c1ccc(C)cc1. The number of nitrogens with one attached hydrogen (secondary N) is 1. The van der Waals surface area contributed by atoms with Crippen molar-refractivity contribution in [1.82, 2.24) is 10.2 Å². The molecule has 3 aromatic rings. The molecular weight excluding hydrogens is 567 g/mol. The molecule has 0 aliphatic rings. The minimum absolute atomic E-state index is 0.00453. The molecule has 0 unspecified atom stereocenters. The lowest BCUT2D eigenvalue weighted by Crippen LogP contribution is -2.52. The van der Waals surface area contributed by atoms with Gasteiger partial charge in [-0.3, -0.25) is 13.9 Å². The Morgan fingerprint density at radius 2 is 1.60 bits per heavy atom. The summed E-state index contributed by atoms with van der Waals surface area (Å²) in [7, 11) is -4.49. The summed E-state index contributed by atoms with van der Waals surface area (Å²) in [4.78, 5) is 28.3. The molecule has 1 N–H and O–H groups in total. The van der Waals surface area contributed by atoms with Crippen molar-refractivity contribution < 1.29 is 31.2 Å². The first-order valence-electron chi connectivity index (χ1n) is 13.7. The monoisotopic (exact) mass is 603 g/mol. The van der Waals surface area contributed by atoms with E-state index < -0.39 is 46.2 Å². The van der Waals surface area contributed by atoms with E-state index in [2.05, 4.69) is 5.32 Å². The number of aryl methyl sites for hydroxylation is 2. The van der Waals surface area contributed by atoms with E-state index in [1.807, 2.05) is 26.0 Å². The fraction of sp³-hybridized carbons (Fsp3) is 0.355. The average Bonchev–Trinajstić information content (AvgIpc) is 2.95. The predicted molar refractivity (Wildman–Crippen MR) is 156 cm³/mol. The van der Waals surface area contributed by atoms with Crippen LogP contribution in [0.3, 0.4) is 0 Å². The molecule has 2 amide bonds. The van der Waals surface area contributed by atoms with Crippen molar-refractivity contribution in [2.24, 2.45) is 0 Å². The van der Waals surface area contributed by atoms with Gasteiger partial charge in [0.25, 0.3) is 10.0 Å². The number of carbonyl (C=O) groups excluding carboxylic acids is 2. The summed E-state index contributed by atoms with van der Waals surface area (Å²) in [5.74, 6) is -1.13. The number of carbonyl (C=O) groups is 2. The van der Waals surface area contributed by atoms with Crippen molar-refractivity contribution in [3.8, 4) is 0 Å². The Labute approximate surface area is 245 Å². The lowest BCUT2D eigenvalue weighted by Gasteiger charge is -2.33. The molecule has 226 valence electrons. The minimum Gasteiger partial charge on any atom is -0.354 e. The summed E-state index contributed by atoms with van der Waals surface area (Å²) < 4.78 is 69.3. The Morgan fingerprint density at radius 3 is 2.19 bits per heavy atom. The van der Waals surface area contributed by atoms with Crippen LogP contribution in [0.1, 0.15) is 48.9 Å². The Balaban J connectivity index is 2.12. The summed E-state index contributed by atoms with van der Waals surface area (Å²) in [5, 5.41) is 2.80. The van der Waals surface area contributed by atoms with E-state index in [1.165, 1.54) is 23.1 Å². The second kappa shape index (κ2) is 13.9. The van der Waals surface area contributed by atoms with Gasteiger partial charge in [-0.25, -0.2) is 8.42 Å². The molecular formula is C31H36F3N3O4S. The molecule has 0 bridgehead atoms. The molecule has 11 heteroatoms. The molecule has 3 rings (SSSR count). The standard InChI is InChI=1S/C31H36F3N3O4S/c1-5-18-35-30(39)28(6-2)36(20-24-11-8-7-10-23(24)4)29(38)21-37(26-13-9-12-25(19-26)31(32,33)34)42(40,41)27-16-14-22(3)15-17-27/h7-17,19,28H,5-6,18,20-21H2,1-4H3,(H,35,39)/t28-/m1/s1. The molecule has 42 heavy (non-hydrogen) atoms. The number of alkyl halides is 3. The highest BCUT2D eigenvalue weighted by molar-refractivity contribution is 7.92. The summed E-state index contributed by atoms with van der Waals surface area (Å²) >= 11 is 0. The number of rotatable bonds is 12. The molecule has 0 aliphatic carbocycles. The van der Waals surface area contributed by atoms with Gasteiger partial charge in [-0.05, 0) is 68.1 Å². The van der Waals surface area contributed by atoms with Crippen LogP contribution < -0.4 is 9.62 Å². The second-order valence-electron chi connectivity index (χ2n) is 10.0. The number of amides is 2. The predicted octanol–water partition coefficient (Wildman–Crippen LogP) is 5.85. The minimum atomic E-state index is -4.74. The average molecular weight is 604 g/mol. The molecule has 0 spiro atoms. The number of nitrogens with zero attached hydrogens (tertiary/aromatic N) is 2. The molecule has 0 heterocycles. The number of halogens is 3. The van der Waals surface area contributed by atoms with Gasteiger partial charge in [0.05, 0.1) is 16.1 Å². The maximum Gasteiger partial charge on any atom is 0.416 e. The summed E-state index contributed by atoms with van der Waals surface area (Å²) in [6.07, 6.45) is -3.83. The van der Waals surface area contributed by atoms with Gasteiger partial charge < -0.3 is 10.2 Å². The maximum absolute atomic E-state index is 14.1. The summed E-state index contributed by atoms with van der Waals surface area (Å²) in [6, 6.07) is 16.0. The van der Waals surface area contributed by atoms with Crippen molar-refractivity contribution in [3.05, 3.63) is 95.1 Å². The van der Waals surface area contributed by atoms with E-state index in [0.717, 1.165) is 28.8 Å². The second-order valence-corrected chi connectivity index (χ2v) is 11.9. The molecule has 1 atom stereocenters. The molecule has 3 aromatic carbocycles. The van der Waals surface area contributed by atoms with E-state index in [9.17, 15) is 31.2 Å². The van der Waals surface area contributed by atoms with Crippen LogP contribution in [0.15, 0.2) is 77.7 Å². The highest BCUT2D eigenvalue weighted by Crippen LogP contribution is 2.33. The Morgan fingerprint density at radius 1 is 0.929 bits per heavy atom. The van der Waals surface area contributed by atoms with Crippen LogP contribution in [0.25, 0.3) is 0 Å². The summed E-state index contributed by atoms with van der Waals surface area (Å²) in [6.45, 7) is 6.82. The van der Waals surface area contributed by atoms with Crippen LogP contribution in [0.4, 0.5) is 18.9 Å². The van der Waals surface area contributed by atoms with Crippen LogP contribution in [0.5, 0.6) is 0 Å². The maximum atomic E-state index is 14.1. The molecule has 0 saturated heterocycles. The third-order valence-corrected chi connectivity index (χ3v) is 8.67. The van der Waals surface area contributed by atoms with E-state index in [4.69, 9.17) is 0 Å². The highest BCUT2D eigenvalue weighted by atomic mass is 32.2. The number of benzene rings is 3. The Bertz CT molecular complexity index is 1490. The third kappa shape index (κ3) is 7.90. The molecule has 7 nitrogen and oxygen atoms in total. The number of hydrogen-bond donors (Lipinski definition) is 1. The highest BCUT2D eigenvalue weighted by Gasteiger charge is 2.36.